The third-order valence-corrected chi connectivity index (χ3v) is 4.43. The van der Waals surface area contributed by atoms with E-state index >= 15 is 0 Å². The van der Waals surface area contributed by atoms with E-state index in [0.29, 0.717) is 31.1 Å². The highest BCUT2D eigenvalue weighted by molar-refractivity contribution is 6.30. The van der Waals surface area contributed by atoms with Gasteiger partial charge in [0.15, 0.2) is 0 Å². The van der Waals surface area contributed by atoms with Crippen LogP contribution in [0.3, 0.4) is 0 Å². The third kappa shape index (κ3) is 4.18. The number of amides is 1. The Hall–Kier alpha value is -2.38. The highest BCUT2D eigenvalue weighted by atomic mass is 35.5. The lowest BCUT2D eigenvalue weighted by molar-refractivity contribution is -0.122. The van der Waals surface area contributed by atoms with Gasteiger partial charge in [-0.05, 0) is 30.5 Å². The van der Waals surface area contributed by atoms with Crippen molar-refractivity contribution >= 4 is 29.1 Å². The van der Waals surface area contributed by atoms with Crippen molar-refractivity contribution in [3.05, 3.63) is 51.4 Å². The predicted molar refractivity (Wildman–Crippen MR) is 95.6 cm³/mol. The molecule has 0 bridgehead atoms. The second-order valence-corrected chi connectivity index (χ2v) is 6.36. The lowest BCUT2D eigenvalue weighted by Crippen LogP contribution is -2.33. The monoisotopic (exact) mass is 362 g/mol. The normalized spacial score (nSPS) is 15.1. The molecule has 3 N–H and O–H groups in total. The third-order valence-electron chi connectivity index (χ3n) is 4.18. The van der Waals surface area contributed by atoms with Crippen molar-refractivity contribution in [2.75, 3.05) is 24.3 Å². The Morgan fingerprint density at radius 3 is 2.68 bits per heavy atom. The first-order valence-corrected chi connectivity index (χ1v) is 8.41. The number of aromatic nitrogens is 2. The van der Waals surface area contributed by atoms with Crippen molar-refractivity contribution in [2.45, 2.75) is 19.4 Å². The van der Waals surface area contributed by atoms with Crippen molar-refractivity contribution in [3.63, 3.8) is 0 Å². The Bertz CT molecular complexity index is 814. The van der Waals surface area contributed by atoms with Gasteiger partial charge in [-0.2, -0.15) is 0 Å². The van der Waals surface area contributed by atoms with Gasteiger partial charge in [-0.3, -0.25) is 14.2 Å². The first-order valence-electron chi connectivity index (χ1n) is 8.03. The Morgan fingerprint density at radius 1 is 1.32 bits per heavy atom. The number of halogens is 1. The van der Waals surface area contributed by atoms with Gasteiger partial charge in [-0.25, -0.2) is 4.98 Å². The molecule has 0 spiro atoms. The average molecular weight is 363 g/mol. The zero-order valence-electron chi connectivity index (χ0n) is 13.6. The van der Waals surface area contributed by atoms with Crippen LogP contribution in [0.25, 0.3) is 0 Å². The van der Waals surface area contributed by atoms with E-state index in [4.69, 9.17) is 22.1 Å². The van der Waals surface area contributed by atoms with Gasteiger partial charge in [0.1, 0.15) is 5.69 Å². The van der Waals surface area contributed by atoms with Crippen LogP contribution in [0.4, 0.5) is 11.6 Å². The van der Waals surface area contributed by atoms with E-state index in [-0.39, 0.29) is 35.6 Å². The molecule has 2 heterocycles. The zero-order chi connectivity index (χ0) is 17.8. The number of carbonyl (C=O) groups excluding carboxylic acids is 1. The van der Waals surface area contributed by atoms with E-state index < -0.39 is 0 Å². The lowest BCUT2D eigenvalue weighted by Gasteiger charge is -2.21. The molecule has 0 aliphatic carbocycles. The largest absolute Gasteiger partial charge is 0.381 e. The molecule has 0 unspecified atom stereocenters. The molecule has 1 amide bonds. The molecule has 8 heteroatoms. The molecule has 0 atom stereocenters. The number of nitrogens with two attached hydrogens (primary N) is 1. The highest BCUT2D eigenvalue weighted by Crippen LogP contribution is 2.17. The molecule has 25 heavy (non-hydrogen) atoms. The van der Waals surface area contributed by atoms with Crippen molar-refractivity contribution in [3.8, 4) is 0 Å². The van der Waals surface area contributed by atoms with Crippen molar-refractivity contribution in [1.82, 2.24) is 9.55 Å². The first kappa shape index (κ1) is 17.4. The van der Waals surface area contributed by atoms with Gasteiger partial charge in [0.2, 0.25) is 11.9 Å². The summed E-state index contributed by atoms with van der Waals surface area (Å²) in [6.45, 7) is 1.35. The molecule has 1 aliphatic rings. The van der Waals surface area contributed by atoms with Gasteiger partial charge in [0.25, 0.3) is 5.56 Å². The second-order valence-electron chi connectivity index (χ2n) is 5.92. The Balaban J connectivity index is 1.80. The SMILES string of the molecule is Nc1ncc(NC(=O)C2CCOCC2)c(=O)n1Cc1ccc(Cl)cc1. The molecule has 2 aromatic rings. The number of rotatable bonds is 4. The molecular formula is C17H19ClN4O3. The van der Waals surface area contributed by atoms with Gasteiger partial charge in [-0.1, -0.05) is 23.7 Å². The Labute approximate surface area is 149 Å². The van der Waals surface area contributed by atoms with Gasteiger partial charge in [0.05, 0.1) is 12.7 Å². The van der Waals surface area contributed by atoms with Gasteiger partial charge >= 0.3 is 0 Å². The van der Waals surface area contributed by atoms with Crippen LogP contribution in [0, 0.1) is 5.92 Å². The molecule has 0 saturated carbocycles. The predicted octanol–water partition coefficient (Wildman–Crippen LogP) is 1.89. The average Bonchev–Trinajstić information content (AvgIpc) is 2.63. The van der Waals surface area contributed by atoms with Gasteiger partial charge < -0.3 is 15.8 Å². The van der Waals surface area contributed by atoms with Crippen LogP contribution in [0.2, 0.25) is 5.02 Å². The van der Waals surface area contributed by atoms with Crippen LogP contribution in [0.1, 0.15) is 18.4 Å². The fourth-order valence-electron chi connectivity index (χ4n) is 2.71. The van der Waals surface area contributed by atoms with E-state index in [1.54, 1.807) is 12.1 Å². The summed E-state index contributed by atoms with van der Waals surface area (Å²) >= 11 is 5.87. The van der Waals surface area contributed by atoms with E-state index in [1.807, 2.05) is 12.1 Å². The minimum atomic E-state index is -0.386. The summed E-state index contributed by atoms with van der Waals surface area (Å²) in [5, 5.41) is 3.29. The van der Waals surface area contributed by atoms with E-state index in [9.17, 15) is 9.59 Å². The minimum Gasteiger partial charge on any atom is -0.381 e. The lowest BCUT2D eigenvalue weighted by atomic mass is 9.99. The molecule has 1 fully saturated rings. The Kier molecular flexibility index (Phi) is 5.35. The van der Waals surface area contributed by atoms with E-state index in [0.717, 1.165) is 5.56 Å². The summed E-state index contributed by atoms with van der Waals surface area (Å²) in [7, 11) is 0. The summed E-state index contributed by atoms with van der Waals surface area (Å²) in [6.07, 6.45) is 2.59. The topological polar surface area (TPSA) is 99.2 Å². The van der Waals surface area contributed by atoms with Crippen LogP contribution in [0.15, 0.2) is 35.3 Å². The number of ether oxygens (including phenoxy) is 1. The highest BCUT2D eigenvalue weighted by Gasteiger charge is 2.22. The summed E-state index contributed by atoms with van der Waals surface area (Å²) in [5.41, 5.74) is 6.43. The van der Waals surface area contributed by atoms with Gasteiger partial charge in [0, 0.05) is 24.2 Å². The van der Waals surface area contributed by atoms with Crippen molar-refractivity contribution in [2.24, 2.45) is 5.92 Å². The molecule has 1 aliphatic heterocycles. The number of benzene rings is 1. The fraction of sp³-hybridized carbons (Fsp3) is 0.353. The quantitative estimate of drug-likeness (QED) is 0.865. The zero-order valence-corrected chi connectivity index (χ0v) is 14.3. The van der Waals surface area contributed by atoms with Crippen LogP contribution in [0.5, 0.6) is 0 Å². The van der Waals surface area contributed by atoms with E-state index in [1.165, 1.54) is 10.8 Å². The molecular weight excluding hydrogens is 344 g/mol. The van der Waals surface area contributed by atoms with Crippen molar-refractivity contribution in [1.29, 1.82) is 0 Å². The summed E-state index contributed by atoms with van der Waals surface area (Å²) in [4.78, 5) is 29.0. The summed E-state index contributed by atoms with van der Waals surface area (Å²) in [6, 6.07) is 7.09. The number of hydrogen-bond acceptors (Lipinski definition) is 5. The molecule has 1 aromatic carbocycles. The number of anilines is 2. The second kappa shape index (κ2) is 7.67. The molecule has 7 nitrogen and oxygen atoms in total. The minimum absolute atomic E-state index is 0.0871. The number of nitrogens with zero attached hydrogens (tertiary/aromatic N) is 2. The Morgan fingerprint density at radius 2 is 2.00 bits per heavy atom. The standard InChI is InChI=1S/C17H19ClN4O3/c18-13-3-1-11(2-4-13)10-22-16(24)14(9-20-17(22)19)21-15(23)12-5-7-25-8-6-12/h1-4,9,12H,5-8,10H2,(H2,19,20)(H,21,23). The number of hydrogen-bond donors (Lipinski definition) is 2. The maximum atomic E-state index is 12.7. The van der Waals surface area contributed by atoms with Crippen LogP contribution >= 0.6 is 11.6 Å². The van der Waals surface area contributed by atoms with Crippen LogP contribution < -0.4 is 16.6 Å². The molecule has 132 valence electrons. The molecule has 3 rings (SSSR count). The summed E-state index contributed by atoms with van der Waals surface area (Å²) < 4.78 is 6.57. The van der Waals surface area contributed by atoms with E-state index in [2.05, 4.69) is 10.3 Å². The molecule has 1 aromatic heterocycles. The smallest absolute Gasteiger partial charge is 0.279 e. The number of carbonyl (C=O) groups is 1. The van der Waals surface area contributed by atoms with Crippen molar-refractivity contribution < 1.29 is 9.53 Å². The first-order chi connectivity index (χ1) is 12.0. The molecule has 0 radical (unpaired) electrons. The fourth-order valence-corrected chi connectivity index (χ4v) is 2.84. The number of nitrogen functional groups attached to an aromatic ring is 1. The maximum absolute atomic E-state index is 12.7. The maximum Gasteiger partial charge on any atom is 0.279 e. The van der Waals surface area contributed by atoms with Gasteiger partial charge in [-0.15, -0.1) is 0 Å². The summed E-state index contributed by atoms with van der Waals surface area (Å²) in [5.74, 6) is -0.260. The van der Waals surface area contributed by atoms with Crippen LogP contribution in [-0.2, 0) is 16.1 Å². The number of nitrogens with one attached hydrogen (secondary N) is 1. The molecule has 1 saturated heterocycles. The van der Waals surface area contributed by atoms with Crippen LogP contribution in [-0.4, -0.2) is 28.7 Å².